The van der Waals surface area contributed by atoms with Crippen LogP contribution in [0.5, 0.6) is 5.75 Å². The quantitative estimate of drug-likeness (QED) is 0.769. The molecule has 1 rings (SSSR count). The van der Waals surface area contributed by atoms with Gasteiger partial charge in [-0.3, -0.25) is 4.79 Å². The highest BCUT2D eigenvalue weighted by molar-refractivity contribution is 5.76. The van der Waals surface area contributed by atoms with Crippen molar-refractivity contribution in [1.82, 2.24) is 0 Å². The first kappa shape index (κ1) is 12.0. The molecular formula is C11H9F2NO2. The second-order valence-electron chi connectivity index (χ2n) is 2.91. The fourth-order valence-electron chi connectivity index (χ4n) is 1.09. The van der Waals surface area contributed by atoms with E-state index in [1.165, 1.54) is 7.11 Å². The number of primary amides is 1. The second-order valence-corrected chi connectivity index (χ2v) is 2.91. The van der Waals surface area contributed by atoms with Gasteiger partial charge in [-0.25, -0.2) is 8.78 Å². The van der Waals surface area contributed by atoms with Crippen molar-refractivity contribution >= 4 is 5.91 Å². The van der Waals surface area contributed by atoms with Crippen molar-refractivity contribution in [3.63, 3.8) is 0 Å². The van der Waals surface area contributed by atoms with Crippen LogP contribution in [0.1, 0.15) is 12.0 Å². The highest BCUT2D eigenvalue weighted by atomic mass is 19.1. The summed E-state index contributed by atoms with van der Waals surface area (Å²) >= 11 is 0. The van der Waals surface area contributed by atoms with Crippen LogP contribution in [0.2, 0.25) is 0 Å². The summed E-state index contributed by atoms with van der Waals surface area (Å²) in [6, 6.07) is 1.72. The number of amides is 1. The molecule has 0 atom stereocenters. The molecule has 0 aliphatic rings. The molecule has 2 N–H and O–H groups in total. The van der Waals surface area contributed by atoms with E-state index in [-0.39, 0.29) is 17.7 Å². The summed E-state index contributed by atoms with van der Waals surface area (Å²) < 4.78 is 30.8. The molecule has 1 aromatic rings. The van der Waals surface area contributed by atoms with Gasteiger partial charge in [0.1, 0.15) is 5.82 Å². The predicted octanol–water partition coefficient (Wildman–Crippen LogP) is 1.20. The van der Waals surface area contributed by atoms with Gasteiger partial charge in [-0.1, -0.05) is 11.8 Å². The van der Waals surface area contributed by atoms with Crippen molar-refractivity contribution in [3.05, 3.63) is 29.3 Å². The molecule has 0 aliphatic heterocycles. The van der Waals surface area contributed by atoms with Gasteiger partial charge in [0.05, 0.1) is 19.1 Å². The molecule has 0 aromatic heterocycles. The molecule has 1 aromatic carbocycles. The first-order valence-electron chi connectivity index (χ1n) is 4.34. The third-order valence-electron chi connectivity index (χ3n) is 1.70. The third kappa shape index (κ3) is 2.95. The minimum atomic E-state index is -0.842. The Labute approximate surface area is 91.2 Å². The van der Waals surface area contributed by atoms with Crippen LogP contribution >= 0.6 is 0 Å². The number of rotatable bonds is 2. The minimum absolute atomic E-state index is 0.0428. The highest BCUT2D eigenvalue weighted by Crippen LogP contribution is 2.22. The minimum Gasteiger partial charge on any atom is -0.492 e. The average molecular weight is 225 g/mol. The predicted molar refractivity (Wildman–Crippen MR) is 53.6 cm³/mol. The Bertz CT molecular complexity index is 475. The molecule has 0 aliphatic carbocycles. The third-order valence-corrected chi connectivity index (χ3v) is 1.70. The Morgan fingerprint density at radius 3 is 2.75 bits per heavy atom. The van der Waals surface area contributed by atoms with Crippen LogP contribution in [0.3, 0.4) is 0 Å². The Hall–Kier alpha value is -2.09. The Morgan fingerprint density at radius 1 is 1.50 bits per heavy atom. The van der Waals surface area contributed by atoms with Crippen LogP contribution in [0.25, 0.3) is 0 Å². The van der Waals surface area contributed by atoms with Crippen molar-refractivity contribution in [2.45, 2.75) is 6.42 Å². The zero-order valence-corrected chi connectivity index (χ0v) is 8.51. The lowest BCUT2D eigenvalue weighted by atomic mass is 10.2. The van der Waals surface area contributed by atoms with Crippen molar-refractivity contribution < 1.29 is 18.3 Å². The maximum absolute atomic E-state index is 13.2. The molecule has 16 heavy (non-hydrogen) atoms. The van der Waals surface area contributed by atoms with E-state index in [4.69, 9.17) is 10.5 Å². The number of carbonyl (C=O) groups excluding carboxylic acids is 1. The first-order valence-corrected chi connectivity index (χ1v) is 4.34. The molecule has 0 saturated carbocycles. The van der Waals surface area contributed by atoms with Crippen LogP contribution < -0.4 is 10.5 Å². The number of hydrogen-bond acceptors (Lipinski definition) is 2. The van der Waals surface area contributed by atoms with E-state index in [0.29, 0.717) is 6.07 Å². The molecule has 0 radical (unpaired) electrons. The Kier molecular flexibility index (Phi) is 3.84. The van der Waals surface area contributed by atoms with Gasteiger partial charge in [-0.2, -0.15) is 0 Å². The van der Waals surface area contributed by atoms with E-state index in [1.807, 2.05) is 0 Å². The maximum Gasteiger partial charge on any atom is 0.229 e. The van der Waals surface area contributed by atoms with Crippen LogP contribution in [0.15, 0.2) is 12.1 Å². The first-order chi connectivity index (χ1) is 7.54. The fourth-order valence-corrected chi connectivity index (χ4v) is 1.09. The smallest absolute Gasteiger partial charge is 0.229 e. The summed E-state index contributed by atoms with van der Waals surface area (Å²) in [4.78, 5) is 10.4. The standard InChI is InChI=1S/C11H9F2NO2/c1-16-11-7(3-2-4-10(14)15)5-8(12)6-9(11)13/h5-6H,4H2,1H3,(H2,14,15). The van der Waals surface area contributed by atoms with Crippen molar-refractivity contribution in [2.24, 2.45) is 5.73 Å². The van der Waals surface area contributed by atoms with Crippen LogP contribution in [-0.4, -0.2) is 13.0 Å². The lowest BCUT2D eigenvalue weighted by Crippen LogP contribution is -2.08. The van der Waals surface area contributed by atoms with Crippen molar-refractivity contribution in [2.75, 3.05) is 7.11 Å². The number of carbonyl (C=O) groups is 1. The molecule has 5 heteroatoms. The van der Waals surface area contributed by atoms with Crippen LogP contribution in [0, 0.1) is 23.5 Å². The molecule has 1 amide bonds. The number of hydrogen-bond donors (Lipinski definition) is 1. The SMILES string of the molecule is COc1c(F)cc(F)cc1C#CCC(N)=O. The molecule has 0 bridgehead atoms. The van der Waals surface area contributed by atoms with Crippen LogP contribution in [0.4, 0.5) is 8.78 Å². The summed E-state index contributed by atoms with van der Waals surface area (Å²) in [5, 5.41) is 0. The zero-order valence-electron chi connectivity index (χ0n) is 8.51. The number of benzene rings is 1. The molecule has 3 nitrogen and oxygen atoms in total. The summed E-state index contributed by atoms with van der Waals surface area (Å²) in [5.74, 6) is 2.45. The number of ether oxygens (including phenoxy) is 1. The lowest BCUT2D eigenvalue weighted by molar-refractivity contribution is -0.117. The monoisotopic (exact) mass is 225 g/mol. The highest BCUT2D eigenvalue weighted by Gasteiger charge is 2.09. The van der Waals surface area contributed by atoms with Gasteiger partial charge in [-0.05, 0) is 6.07 Å². The van der Waals surface area contributed by atoms with E-state index in [0.717, 1.165) is 6.07 Å². The van der Waals surface area contributed by atoms with Crippen LogP contribution in [-0.2, 0) is 4.79 Å². The normalized spacial score (nSPS) is 9.19. The fraction of sp³-hybridized carbons (Fsp3) is 0.182. The summed E-state index contributed by atoms with van der Waals surface area (Å²) in [5.41, 5.74) is 4.91. The van der Waals surface area contributed by atoms with Gasteiger partial charge in [0, 0.05) is 6.07 Å². The van der Waals surface area contributed by atoms with E-state index >= 15 is 0 Å². The summed E-state index contributed by atoms with van der Waals surface area (Å²) in [6.45, 7) is 0. The molecule has 0 saturated heterocycles. The lowest BCUT2D eigenvalue weighted by Gasteiger charge is -2.04. The summed E-state index contributed by atoms with van der Waals surface area (Å²) in [7, 11) is 1.25. The second kappa shape index (κ2) is 5.12. The maximum atomic E-state index is 13.2. The van der Waals surface area contributed by atoms with Gasteiger partial charge >= 0.3 is 0 Å². The number of methoxy groups -OCH3 is 1. The molecule has 84 valence electrons. The number of halogens is 2. The molecule has 0 fully saturated rings. The van der Waals surface area contributed by atoms with Gasteiger partial charge in [-0.15, -0.1) is 0 Å². The number of nitrogens with two attached hydrogens (primary N) is 1. The average Bonchev–Trinajstić information content (AvgIpc) is 2.16. The van der Waals surface area contributed by atoms with E-state index in [9.17, 15) is 13.6 Å². The van der Waals surface area contributed by atoms with Crippen molar-refractivity contribution in [1.29, 1.82) is 0 Å². The van der Waals surface area contributed by atoms with Gasteiger partial charge < -0.3 is 10.5 Å². The largest absolute Gasteiger partial charge is 0.492 e. The molecule has 0 unspecified atom stereocenters. The Balaban J connectivity index is 3.10. The molecule has 0 heterocycles. The molecule has 0 spiro atoms. The van der Waals surface area contributed by atoms with Gasteiger partial charge in [0.25, 0.3) is 0 Å². The van der Waals surface area contributed by atoms with E-state index < -0.39 is 17.5 Å². The van der Waals surface area contributed by atoms with Gasteiger partial charge in [0.15, 0.2) is 11.6 Å². The topological polar surface area (TPSA) is 52.3 Å². The van der Waals surface area contributed by atoms with E-state index in [2.05, 4.69) is 11.8 Å². The summed E-state index contributed by atoms with van der Waals surface area (Å²) in [6.07, 6.45) is -0.179. The molecular weight excluding hydrogens is 216 g/mol. The Morgan fingerprint density at radius 2 is 2.19 bits per heavy atom. The van der Waals surface area contributed by atoms with Gasteiger partial charge in [0.2, 0.25) is 5.91 Å². The van der Waals surface area contributed by atoms with E-state index in [1.54, 1.807) is 0 Å². The zero-order chi connectivity index (χ0) is 12.1. The van der Waals surface area contributed by atoms with Crippen molar-refractivity contribution in [3.8, 4) is 17.6 Å².